The monoisotopic (exact) mass is 311 g/mol. The zero-order valence-corrected chi connectivity index (χ0v) is 12.2. The van der Waals surface area contributed by atoms with Crippen LogP contribution in [-0.2, 0) is 4.79 Å². The normalized spacial score (nSPS) is 18.6. The molecule has 2 aromatic rings. The molecular weight excluding hydrogens is 298 g/mol. The van der Waals surface area contributed by atoms with Crippen LogP contribution in [0.2, 0.25) is 0 Å². The van der Waals surface area contributed by atoms with Gasteiger partial charge < -0.3 is 14.4 Å². The fourth-order valence-corrected chi connectivity index (χ4v) is 2.68. The molecule has 8 nitrogen and oxygen atoms in total. The quantitative estimate of drug-likeness (QED) is 0.761. The van der Waals surface area contributed by atoms with Crippen LogP contribution in [0.4, 0.5) is 0 Å². The van der Waals surface area contributed by atoms with Crippen LogP contribution in [0.15, 0.2) is 18.2 Å². The van der Waals surface area contributed by atoms with Crippen LogP contribution < -0.4 is 9.47 Å². The van der Waals surface area contributed by atoms with E-state index in [1.165, 1.54) is 0 Å². The minimum atomic E-state index is -0.200. The number of rotatable bonds is 1. The molecule has 0 radical (unpaired) electrons. The standard InChI is InChI=1S/C15H13N5O3/c21-14(20-6-5-11(8-20)15-16-18-19-17-15)4-2-10-1-3-12-13(7-10)23-9-22-12/h1,3,7,11H,5-6,8-9H2,(H,16,17,18,19). The molecule has 0 aliphatic carbocycles. The number of hydrogen-bond acceptors (Lipinski definition) is 6. The lowest BCUT2D eigenvalue weighted by Gasteiger charge is -2.11. The van der Waals surface area contributed by atoms with Crippen molar-refractivity contribution in [1.82, 2.24) is 25.5 Å². The van der Waals surface area contributed by atoms with Crippen LogP contribution in [0.5, 0.6) is 11.5 Å². The summed E-state index contributed by atoms with van der Waals surface area (Å²) in [5.74, 6) is 7.46. The van der Waals surface area contributed by atoms with E-state index in [0.717, 1.165) is 12.0 Å². The topological polar surface area (TPSA) is 93.2 Å². The smallest absolute Gasteiger partial charge is 0.298 e. The Morgan fingerprint density at radius 2 is 2.26 bits per heavy atom. The average molecular weight is 311 g/mol. The molecule has 23 heavy (non-hydrogen) atoms. The summed E-state index contributed by atoms with van der Waals surface area (Å²) in [7, 11) is 0. The van der Waals surface area contributed by atoms with Crippen molar-refractivity contribution in [3.05, 3.63) is 29.6 Å². The summed E-state index contributed by atoms with van der Waals surface area (Å²) >= 11 is 0. The highest BCUT2D eigenvalue weighted by atomic mass is 16.7. The summed E-state index contributed by atoms with van der Waals surface area (Å²) in [6.45, 7) is 1.43. The van der Waals surface area contributed by atoms with E-state index in [-0.39, 0.29) is 18.6 Å². The molecule has 0 spiro atoms. The highest BCUT2D eigenvalue weighted by molar-refractivity contribution is 5.94. The van der Waals surface area contributed by atoms with Gasteiger partial charge in [-0.2, -0.15) is 5.21 Å². The molecule has 0 bridgehead atoms. The molecule has 1 N–H and O–H groups in total. The van der Waals surface area contributed by atoms with Crippen LogP contribution in [-0.4, -0.2) is 51.3 Å². The first-order valence-corrected chi connectivity index (χ1v) is 7.23. The number of tetrazole rings is 1. The zero-order valence-electron chi connectivity index (χ0n) is 12.2. The van der Waals surface area contributed by atoms with Crippen molar-refractivity contribution in [3.8, 4) is 23.3 Å². The number of nitrogens with zero attached hydrogens (tertiary/aromatic N) is 4. The van der Waals surface area contributed by atoms with Gasteiger partial charge in [-0.25, -0.2) is 0 Å². The Labute approximate surface area is 131 Å². The predicted octanol–water partition coefficient (Wildman–Crippen LogP) is 0.296. The first-order valence-electron chi connectivity index (χ1n) is 7.23. The third-order valence-electron chi connectivity index (χ3n) is 3.89. The Morgan fingerprint density at radius 3 is 3.13 bits per heavy atom. The lowest BCUT2D eigenvalue weighted by molar-refractivity contribution is -0.124. The number of ether oxygens (including phenoxy) is 2. The second-order valence-electron chi connectivity index (χ2n) is 5.32. The summed E-state index contributed by atoms with van der Waals surface area (Å²) in [6, 6.07) is 5.37. The molecule has 1 amide bonds. The zero-order chi connectivity index (χ0) is 15.6. The molecule has 1 saturated heterocycles. The molecule has 2 aliphatic heterocycles. The predicted molar refractivity (Wildman–Crippen MR) is 77.6 cm³/mol. The third kappa shape index (κ3) is 2.68. The van der Waals surface area contributed by atoms with Crippen molar-refractivity contribution in [3.63, 3.8) is 0 Å². The molecule has 1 aromatic carbocycles. The molecule has 1 fully saturated rings. The number of H-pyrrole nitrogens is 1. The van der Waals surface area contributed by atoms with Gasteiger partial charge in [-0.3, -0.25) is 4.79 Å². The number of fused-ring (bicyclic) bond motifs is 1. The molecule has 0 saturated carbocycles. The van der Waals surface area contributed by atoms with Gasteiger partial charge in [0, 0.05) is 30.5 Å². The number of benzene rings is 1. The molecule has 116 valence electrons. The number of carbonyl (C=O) groups is 1. The molecule has 8 heteroatoms. The van der Waals surface area contributed by atoms with Crippen LogP contribution >= 0.6 is 0 Å². The van der Waals surface area contributed by atoms with Gasteiger partial charge in [-0.05, 0) is 24.6 Å². The van der Waals surface area contributed by atoms with Crippen molar-refractivity contribution in [2.24, 2.45) is 0 Å². The summed E-state index contributed by atoms with van der Waals surface area (Å²) in [6.07, 6.45) is 0.816. The maximum atomic E-state index is 12.2. The number of amides is 1. The molecule has 3 heterocycles. The highest BCUT2D eigenvalue weighted by Crippen LogP contribution is 2.32. The maximum Gasteiger partial charge on any atom is 0.298 e. The molecular formula is C15H13N5O3. The Bertz CT molecular complexity index is 793. The van der Waals surface area contributed by atoms with Gasteiger partial charge >= 0.3 is 0 Å². The molecule has 4 rings (SSSR count). The molecule has 1 atom stereocenters. The van der Waals surface area contributed by atoms with Gasteiger partial charge in [0.15, 0.2) is 17.3 Å². The van der Waals surface area contributed by atoms with E-state index in [2.05, 4.69) is 32.5 Å². The second-order valence-corrected chi connectivity index (χ2v) is 5.32. The van der Waals surface area contributed by atoms with Gasteiger partial charge in [-0.1, -0.05) is 11.1 Å². The van der Waals surface area contributed by atoms with Gasteiger partial charge in [0.2, 0.25) is 6.79 Å². The van der Waals surface area contributed by atoms with Gasteiger partial charge in [0.25, 0.3) is 5.91 Å². The van der Waals surface area contributed by atoms with E-state index in [0.29, 0.717) is 30.4 Å². The third-order valence-corrected chi connectivity index (χ3v) is 3.89. The first-order chi connectivity index (χ1) is 11.3. The Morgan fingerprint density at radius 1 is 1.35 bits per heavy atom. The summed E-state index contributed by atoms with van der Waals surface area (Å²) in [5, 5.41) is 13.9. The number of nitrogens with one attached hydrogen (secondary N) is 1. The Hall–Kier alpha value is -3.08. The highest BCUT2D eigenvalue weighted by Gasteiger charge is 2.29. The number of hydrogen-bond donors (Lipinski definition) is 1. The molecule has 1 unspecified atom stereocenters. The number of carbonyl (C=O) groups excluding carboxylic acids is 1. The molecule has 2 aliphatic rings. The summed E-state index contributed by atoms with van der Waals surface area (Å²) in [5.41, 5.74) is 0.719. The van der Waals surface area contributed by atoms with Crippen molar-refractivity contribution < 1.29 is 14.3 Å². The number of likely N-dealkylation sites (tertiary alicyclic amines) is 1. The van der Waals surface area contributed by atoms with E-state index in [1.54, 1.807) is 23.1 Å². The summed E-state index contributed by atoms with van der Waals surface area (Å²) < 4.78 is 10.5. The largest absolute Gasteiger partial charge is 0.454 e. The fraction of sp³-hybridized carbons (Fsp3) is 0.333. The number of aromatic amines is 1. The maximum absolute atomic E-state index is 12.2. The van der Waals surface area contributed by atoms with Crippen LogP contribution in [0, 0.1) is 11.8 Å². The fourth-order valence-electron chi connectivity index (χ4n) is 2.68. The number of aromatic nitrogens is 4. The van der Waals surface area contributed by atoms with E-state index in [4.69, 9.17) is 9.47 Å². The second kappa shape index (κ2) is 5.61. The Kier molecular flexibility index (Phi) is 3.31. The average Bonchev–Trinajstić information content (AvgIpc) is 3.32. The lowest BCUT2D eigenvalue weighted by atomic mass is 10.1. The summed E-state index contributed by atoms with van der Waals surface area (Å²) in [4.78, 5) is 13.9. The Balaban J connectivity index is 1.43. The van der Waals surface area contributed by atoms with Gasteiger partial charge in [0.1, 0.15) is 0 Å². The van der Waals surface area contributed by atoms with Crippen molar-refractivity contribution in [1.29, 1.82) is 0 Å². The van der Waals surface area contributed by atoms with Crippen molar-refractivity contribution >= 4 is 5.91 Å². The van der Waals surface area contributed by atoms with E-state index >= 15 is 0 Å². The van der Waals surface area contributed by atoms with Crippen LogP contribution in [0.3, 0.4) is 0 Å². The van der Waals surface area contributed by atoms with Crippen LogP contribution in [0.1, 0.15) is 23.7 Å². The lowest BCUT2D eigenvalue weighted by Crippen LogP contribution is -2.27. The van der Waals surface area contributed by atoms with E-state index in [9.17, 15) is 4.79 Å². The van der Waals surface area contributed by atoms with E-state index in [1.807, 2.05) is 0 Å². The minimum absolute atomic E-state index is 0.116. The van der Waals surface area contributed by atoms with Gasteiger partial charge in [0.05, 0.1) is 0 Å². The van der Waals surface area contributed by atoms with Crippen LogP contribution in [0.25, 0.3) is 0 Å². The minimum Gasteiger partial charge on any atom is -0.454 e. The molecule has 1 aromatic heterocycles. The van der Waals surface area contributed by atoms with Gasteiger partial charge in [-0.15, -0.1) is 10.2 Å². The SMILES string of the molecule is O=C(C#Cc1ccc2c(c1)OCO2)N1CCC(c2nn[nH]n2)C1. The van der Waals surface area contributed by atoms with Crippen molar-refractivity contribution in [2.75, 3.05) is 19.9 Å². The van der Waals surface area contributed by atoms with E-state index < -0.39 is 0 Å². The van der Waals surface area contributed by atoms with Crippen molar-refractivity contribution in [2.45, 2.75) is 12.3 Å². The first kappa shape index (κ1) is 13.6.